The van der Waals surface area contributed by atoms with E-state index in [2.05, 4.69) is 79.7 Å². The molecule has 0 heterocycles. The molecule has 0 saturated heterocycles. The van der Waals surface area contributed by atoms with Crippen molar-refractivity contribution >= 4 is 64.5 Å². The maximum Gasteiger partial charge on any atom is 0.306 e. The lowest BCUT2D eigenvalue weighted by atomic mass is 9.78. The third-order valence-electron chi connectivity index (χ3n) is 23.7. The van der Waals surface area contributed by atoms with Crippen LogP contribution in [0.4, 0.5) is 0 Å². The number of rotatable bonds is 76. The SMILES string of the molecule is CCCCCCCCCCCCCCCC(=O)OCC(CSC[C@H](C)C(=O)C[C@@H](CO)C(=O)CC(CCCCC)C(=O)CC(CCCCC)C(=O)CC(CCCCC)C(=O)C[C@@H](CCCCC)C(=O)Cc1ccc(CC2C(O)=Cc3c(C)cc(CCCCC)cc32)cc1)OC(=O)CCCCCCCCCCCCCCC. The molecule has 5 unspecified atom stereocenters. The third kappa shape index (κ3) is 45.4. The first-order chi connectivity index (χ1) is 53.9. The number of aliphatic hydroxyl groups excluding tert-OH is 2. The summed E-state index contributed by atoms with van der Waals surface area (Å²) in [4.78, 5) is 114. The first-order valence-electron chi connectivity index (χ1n) is 46.2. The van der Waals surface area contributed by atoms with Crippen LogP contribution in [-0.2, 0) is 67.1 Å². The zero-order chi connectivity index (χ0) is 81.1. The Kier molecular flexibility index (Phi) is 58.3. The highest BCUT2D eigenvalue weighted by molar-refractivity contribution is 7.99. The Bertz CT molecular complexity index is 2880. The summed E-state index contributed by atoms with van der Waals surface area (Å²) in [6.07, 6.45) is 50.7. The number of ether oxygens (including phenoxy) is 2. The molecule has 2 N–H and O–H groups in total. The average Bonchev–Trinajstić information content (AvgIpc) is 1.64. The van der Waals surface area contributed by atoms with Gasteiger partial charge in [0.25, 0.3) is 0 Å². The zero-order valence-electron chi connectivity index (χ0n) is 72.3. The van der Waals surface area contributed by atoms with Crippen LogP contribution in [0.5, 0.6) is 0 Å². The Morgan fingerprint density at radius 3 is 1.19 bits per heavy atom. The van der Waals surface area contributed by atoms with Gasteiger partial charge in [-0.05, 0) is 104 Å². The second-order valence-corrected chi connectivity index (χ2v) is 35.0. The number of hydrogen-bond donors (Lipinski definition) is 2. The van der Waals surface area contributed by atoms with E-state index in [1.165, 1.54) is 163 Å². The van der Waals surface area contributed by atoms with E-state index >= 15 is 0 Å². The van der Waals surface area contributed by atoms with E-state index in [-0.39, 0.29) is 104 Å². The van der Waals surface area contributed by atoms with Crippen molar-refractivity contribution in [3.05, 3.63) is 75.5 Å². The lowest BCUT2D eigenvalue weighted by molar-refractivity contribution is -0.157. The molecular formula is C98H162O12S. The molecule has 12 nitrogen and oxygen atoms in total. The second kappa shape index (κ2) is 64.4. The van der Waals surface area contributed by atoms with Crippen molar-refractivity contribution in [2.24, 2.45) is 35.5 Å². The molecule has 111 heavy (non-hydrogen) atoms. The van der Waals surface area contributed by atoms with Gasteiger partial charge in [0.2, 0.25) is 0 Å². The number of thioether (sulfide) groups is 1. The smallest absolute Gasteiger partial charge is 0.306 e. The van der Waals surface area contributed by atoms with Gasteiger partial charge in [0.1, 0.15) is 53.2 Å². The summed E-state index contributed by atoms with van der Waals surface area (Å²) >= 11 is 1.43. The van der Waals surface area contributed by atoms with Crippen LogP contribution in [0.3, 0.4) is 0 Å². The maximum absolute atomic E-state index is 14.9. The molecule has 1 aliphatic carbocycles. The Morgan fingerprint density at radius 1 is 0.405 bits per heavy atom. The quantitative estimate of drug-likeness (QED) is 0.0469. The van der Waals surface area contributed by atoms with Crippen molar-refractivity contribution in [1.82, 2.24) is 0 Å². The number of carbonyl (C=O) groups is 8. The van der Waals surface area contributed by atoms with Crippen LogP contribution >= 0.6 is 11.8 Å². The number of allylic oxidation sites excluding steroid dienone is 1. The summed E-state index contributed by atoms with van der Waals surface area (Å²) in [6.45, 7) is 18.4. The van der Waals surface area contributed by atoms with Gasteiger partial charge in [-0.2, -0.15) is 11.8 Å². The molecule has 0 aromatic heterocycles. The van der Waals surface area contributed by atoms with Gasteiger partial charge in [0, 0.05) is 104 Å². The van der Waals surface area contributed by atoms with Crippen LogP contribution < -0.4 is 0 Å². The van der Waals surface area contributed by atoms with Crippen LogP contribution in [0.15, 0.2) is 42.2 Å². The standard InChI is InChI=1S/C98H162O12S/c1-10-17-24-26-28-30-32-34-36-38-40-42-49-56-97(107)109-73-86(110-98(108)57-50-43-41-39-37-35-33-31-29-27-25-18-11-2)75-111-74-77(9)90(100)70-85(72-99)95(105)69-84(55-48-23-16-7)94(104)68-83(54-47-22-15-6)93(103)67-82(53-46-21-14-5)92(102)66-81(52-45-20-13-4)91(101)65-79-60-58-78(59-61-79)63-89-88-64-80(51-44-19-12-3)62-76(8)87(88)71-96(89)106/h58-62,64,71,77,81-86,89,99,106H,10-57,63,65-70,72-75H2,1-9H3/t77-,81+,82?,83?,84?,85-,86?,89?/m0/s1. The minimum atomic E-state index is -1.01. The topological polar surface area (TPSA) is 195 Å². The Morgan fingerprint density at radius 2 is 0.766 bits per heavy atom. The largest absolute Gasteiger partial charge is 0.512 e. The summed E-state index contributed by atoms with van der Waals surface area (Å²) in [6, 6.07) is 12.7. The number of aliphatic hydroxyl groups is 2. The predicted octanol–water partition coefficient (Wildman–Crippen LogP) is 26.1. The summed E-state index contributed by atoms with van der Waals surface area (Å²) in [5.74, 6) is -4.49. The molecule has 0 aliphatic heterocycles. The van der Waals surface area contributed by atoms with Crippen molar-refractivity contribution in [2.45, 2.75) is 427 Å². The normalized spacial score (nSPS) is 14.6. The highest BCUT2D eigenvalue weighted by Crippen LogP contribution is 2.40. The van der Waals surface area contributed by atoms with Crippen LogP contribution in [0.1, 0.15) is 429 Å². The van der Waals surface area contributed by atoms with Crippen molar-refractivity contribution in [2.75, 3.05) is 24.7 Å². The van der Waals surface area contributed by atoms with Crippen molar-refractivity contribution < 1.29 is 58.0 Å². The number of unbranched alkanes of at least 4 members (excludes halogenated alkanes) is 34. The maximum atomic E-state index is 14.9. The van der Waals surface area contributed by atoms with E-state index in [9.17, 15) is 48.6 Å². The van der Waals surface area contributed by atoms with Gasteiger partial charge in [0.05, 0.1) is 6.61 Å². The zero-order valence-corrected chi connectivity index (χ0v) is 73.1. The predicted molar refractivity (Wildman–Crippen MR) is 464 cm³/mol. The number of Topliss-reactive ketones (excluding diaryl/α,β-unsaturated/α-hetero) is 6. The van der Waals surface area contributed by atoms with Crippen LogP contribution in [0.25, 0.3) is 6.08 Å². The molecule has 0 amide bonds. The fourth-order valence-corrected chi connectivity index (χ4v) is 17.3. The van der Waals surface area contributed by atoms with Gasteiger partial charge >= 0.3 is 11.9 Å². The minimum absolute atomic E-state index is 0.00284. The Labute approximate surface area is 681 Å². The molecule has 0 saturated carbocycles. The van der Waals surface area contributed by atoms with Gasteiger partial charge in [-0.1, -0.05) is 336 Å². The number of aryl methyl sites for hydroxylation is 2. The number of benzene rings is 2. The molecule has 0 radical (unpaired) electrons. The number of esters is 2. The molecule has 3 rings (SSSR count). The molecule has 632 valence electrons. The highest BCUT2D eigenvalue weighted by Gasteiger charge is 2.35. The van der Waals surface area contributed by atoms with E-state index in [0.717, 1.165) is 145 Å². The van der Waals surface area contributed by atoms with E-state index in [1.807, 2.05) is 18.2 Å². The average molecular weight is 1560 g/mol. The molecule has 13 heteroatoms. The van der Waals surface area contributed by atoms with E-state index in [0.29, 0.717) is 62.2 Å². The molecular weight excluding hydrogens is 1400 g/mol. The molecule has 1 aliphatic rings. The van der Waals surface area contributed by atoms with Crippen molar-refractivity contribution in [3.63, 3.8) is 0 Å². The van der Waals surface area contributed by atoms with Gasteiger partial charge in [-0.25, -0.2) is 0 Å². The van der Waals surface area contributed by atoms with Gasteiger partial charge in [-0.3, -0.25) is 38.4 Å². The molecule has 0 bridgehead atoms. The highest BCUT2D eigenvalue weighted by atomic mass is 32.2. The van der Waals surface area contributed by atoms with Crippen molar-refractivity contribution in [3.8, 4) is 0 Å². The fraction of sp³-hybridized carbons (Fsp3) is 0.776. The van der Waals surface area contributed by atoms with Crippen LogP contribution in [0.2, 0.25) is 0 Å². The lowest BCUT2D eigenvalue weighted by Crippen LogP contribution is -2.31. The first-order valence-corrected chi connectivity index (χ1v) is 47.3. The molecule has 2 aromatic rings. The molecule has 0 spiro atoms. The summed E-state index contributed by atoms with van der Waals surface area (Å²) < 4.78 is 11.7. The number of ketones is 6. The van der Waals surface area contributed by atoms with Crippen LogP contribution in [-0.4, -0.2) is 87.7 Å². The van der Waals surface area contributed by atoms with E-state index in [1.54, 1.807) is 6.92 Å². The number of carbonyl (C=O) groups excluding carboxylic acids is 8. The van der Waals surface area contributed by atoms with E-state index in [4.69, 9.17) is 9.47 Å². The van der Waals surface area contributed by atoms with Gasteiger partial charge in [-0.15, -0.1) is 0 Å². The monoisotopic (exact) mass is 1560 g/mol. The number of hydrogen-bond acceptors (Lipinski definition) is 13. The van der Waals surface area contributed by atoms with Crippen molar-refractivity contribution in [1.29, 1.82) is 0 Å². The first kappa shape index (κ1) is 100. The fourth-order valence-electron chi connectivity index (χ4n) is 16.2. The van der Waals surface area contributed by atoms with Crippen LogP contribution in [0, 0.1) is 42.4 Å². The molecule has 0 fully saturated rings. The number of fused-ring (bicyclic) bond motifs is 1. The summed E-state index contributed by atoms with van der Waals surface area (Å²) in [7, 11) is 0. The van der Waals surface area contributed by atoms with Gasteiger partial charge in [0.15, 0.2) is 0 Å². The van der Waals surface area contributed by atoms with E-state index < -0.39 is 48.2 Å². The molecule has 2 aromatic carbocycles. The summed E-state index contributed by atoms with van der Waals surface area (Å²) in [5, 5.41) is 22.0. The second-order valence-electron chi connectivity index (χ2n) is 33.9. The minimum Gasteiger partial charge on any atom is -0.512 e. The summed E-state index contributed by atoms with van der Waals surface area (Å²) in [5.41, 5.74) is 6.74. The Hall–Kier alpha value is -4.75. The van der Waals surface area contributed by atoms with Gasteiger partial charge < -0.3 is 19.7 Å². The Balaban J connectivity index is 1.68. The lowest BCUT2D eigenvalue weighted by Gasteiger charge is -2.24. The molecule has 8 atom stereocenters. The third-order valence-corrected chi connectivity index (χ3v) is 25.0.